The van der Waals surface area contributed by atoms with Gasteiger partial charge in [0.1, 0.15) is 0 Å². The van der Waals surface area contributed by atoms with Gasteiger partial charge in [-0.1, -0.05) is 47.1 Å². The molecule has 0 aliphatic rings. The van der Waals surface area contributed by atoms with E-state index < -0.39 is 12.1 Å². The predicted molar refractivity (Wildman–Crippen MR) is 97.6 cm³/mol. The summed E-state index contributed by atoms with van der Waals surface area (Å²) in [7, 11) is 0. The quantitative estimate of drug-likeness (QED) is 0.655. The molecule has 3 rings (SSSR count). The van der Waals surface area contributed by atoms with E-state index in [2.05, 4.69) is 20.8 Å². The van der Waals surface area contributed by atoms with E-state index in [1.54, 1.807) is 25.1 Å². The third-order valence-corrected chi connectivity index (χ3v) is 3.82. The summed E-state index contributed by atoms with van der Waals surface area (Å²) in [4.78, 5) is 16.2. The smallest absolute Gasteiger partial charge is 0.319 e. The van der Waals surface area contributed by atoms with Gasteiger partial charge in [0.05, 0.1) is 6.10 Å². The number of hydrogen-bond donors (Lipinski definition) is 3. The highest BCUT2D eigenvalue weighted by atomic mass is 16.5. The maximum absolute atomic E-state index is 12.1. The lowest BCUT2D eigenvalue weighted by Gasteiger charge is -2.13. The van der Waals surface area contributed by atoms with E-state index in [0.29, 0.717) is 17.4 Å². The van der Waals surface area contributed by atoms with Crippen molar-refractivity contribution in [1.82, 2.24) is 15.5 Å². The lowest BCUT2D eigenvalue weighted by atomic mass is 10.1. The number of urea groups is 1. The molecule has 0 saturated carbocycles. The summed E-state index contributed by atoms with van der Waals surface area (Å²) < 4.78 is 4.97. The van der Waals surface area contributed by atoms with Gasteiger partial charge in [0.2, 0.25) is 11.7 Å². The van der Waals surface area contributed by atoms with Gasteiger partial charge in [0, 0.05) is 24.7 Å². The number of aryl methyl sites for hydroxylation is 2. The number of hydrogen-bond acceptors (Lipinski definition) is 5. The van der Waals surface area contributed by atoms with E-state index in [1.165, 1.54) is 0 Å². The minimum Gasteiger partial charge on any atom is -0.387 e. The largest absolute Gasteiger partial charge is 0.387 e. The summed E-state index contributed by atoms with van der Waals surface area (Å²) in [6.07, 6.45) is -0.769. The molecule has 2 amide bonds. The summed E-state index contributed by atoms with van der Waals surface area (Å²) in [5, 5.41) is 19.4. The molecule has 0 saturated heterocycles. The van der Waals surface area contributed by atoms with Gasteiger partial charge >= 0.3 is 6.03 Å². The Kier molecular flexibility index (Phi) is 5.28. The Hall–Kier alpha value is -3.19. The Morgan fingerprint density at radius 1 is 1.19 bits per heavy atom. The van der Waals surface area contributed by atoms with Crippen molar-refractivity contribution in [2.75, 3.05) is 11.9 Å². The van der Waals surface area contributed by atoms with Crippen LogP contribution in [0.25, 0.3) is 11.4 Å². The van der Waals surface area contributed by atoms with E-state index in [0.717, 1.165) is 16.7 Å². The highest BCUT2D eigenvalue weighted by molar-refractivity contribution is 5.89. The molecule has 0 radical (unpaired) electrons. The molecule has 134 valence electrons. The van der Waals surface area contributed by atoms with Gasteiger partial charge < -0.3 is 20.3 Å². The van der Waals surface area contributed by atoms with Crippen LogP contribution in [-0.4, -0.2) is 27.8 Å². The van der Waals surface area contributed by atoms with Crippen molar-refractivity contribution in [2.45, 2.75) is 20.0 Å². The summed E-state index contributed by atoms with van der Waals surface area (Å²) in [5.41, 5.74) is 3.19. The molecule has 0 spiro atoms. The normalized spacial score (nSPS) is 11.8. The van der Waals surface area contributed by atoms with Crippen LogP contribution < -0.4 is 10.6 Å². The molecule has 0 fully saturated rings. The summed E-state index contributed by atoms with van der Waals surface area (Å²) in [6.45, 7) is 3.80. The molecular formula is C19H20N4O3. The minimum absolute atomic E-state index is 0.110. The first-order valence-electron chi connectivity index (χ1n) is 8.21. The van der Waals surface area contributed by atoms with Crippen LogP contribution in [0.5, 0.6) is 0 Å². The van der Waals surface area contributed by atoms with Crippen LogP contribution in [-0.2, 0) is 0 Å². The molecule has 7 nitrogen and oxygen atoms in total. The van der Waals surface area contributed by atoms with Crippen LogP contribution in [0.3, 0.4) is 0 Å². The predicted octanol–water partition coefficient (Wildman–Crippen LogP) is 3.21. The molecule has 26 heavy (non-hydrogen) atoms. The average Bonchev–Trinajstić information content (AvgIpc) is 3.07. The van der Waals surface area contributed by atoms with Gasteiger partial charge in [0.15, 0.2) is 0 Å². The molecular weight excluding hydrogens is 332 g/mol. The van der Waals surface area contributed by atoms with Crippen molar-refractivity contribution in [3.8, 4) is 11.4 Å². The van der Waals surface area contributed by atoms with Crippen molar-refractivity contribution >= 4 is 11.7 Å². The first-order chi connectivity index (χ1) is 12.5. The fraction of sp³-hybridized carbons (Fsp3) is 0.211. The number of aliphatic hydroxyl groups excluding tert-OH is 1. The van der Waals surface area contributed by atoms with E-state index in [4.69, 9.17) is 4.52 Å². The number of benzene rings is 2. The van der Waals surface area contributed by atoms with Crippen LogP contribution in [0, 0.1) is 13.8 Å². The van der Waals surface area contributed by atoms with Gasteiger partial charge in [-0.05, 0) is 24.6 Å². The highest BCUT2D eigenvalue weighted by Crippen LogP contribution is 2.20. The number of carbonyl (C=O) groups is 1. The fourth-order valence-corrected chi connectivity index (χ4v) is 2.42. The minimum atomic E-state index is -0.769. The summed E-state index contributed by atoms with van der Waals surface area (Å²) in [6, 6.07) is 14.2. The number of anilines is 1. The Balaban J connectivity index is 1.57. The van der Waals surface area contributed by atoms with E-state index >= 15 is 0 Å². The molecule has 1 heterocycles. The second-order valence-electron chi connectivity index (χ2n) is 5.98. The van der Waals surface area contributed by atoms with Gasteiger partial charge in [0.25, 0.3) is 0 Å². The summed E-state index contributed by atoms with van der Waals surface area (Å²) >= 11 is 0. The third kappa shape index (κ3) is 4.46. The second kappa shape index (κ2) is 7.79. The Bertz CT molecular complexity index is 890. The van der Waals surface area contributed by atoms with Crippen molar-refractivity contribution in [3.05, 3.63) is 65.5 Å². The SMILES string of the molecule is Cc1ccc([C@H](O)CNC(=O)Nc2cccc(-c3noc(C)n3)c2)cc1. The molecule has 0 bridgehead atoms. The molecule has 1 aromatic heterocycles. The van der Waals surface area contributed by atoms with E-state index in [1.807, 2.05) is 37.3 Å². The maximum Gasteiger partial charge on any atom is 0.319 e. The number of nitrogens with one attached hydrogen (secondary N) is 2. The van der Waals surface area contributed by atoms with Gasteiger partial charge in [-0.3, -0.25) is 0 Å². The zero-order valence-electron chi connectivity index (χ0n) is 14.6. The number of rotatable bonds is 5. The topological polar surface area (TPSA) is 100 Å². The van der Waals surface area contributed by atoms with E-state index in [9.17, 15) is 9.90 Å². The van der Waals surface area contributed by atoms with Crippen LogP contribution in [0.4, 0.5) is 10.5 Å². The Morgan fingerprint density at radius 3 is 2.65 bits per heavy atom. The van der Waals surface area contributed by atoms with E-state index in [-0.39, 0.29) is 6.54 Å². The van der Waals surface area contributed by atoms with Crippen molar-refractivity contribution in [3.63, 3.8) is 0 Å². The fourth-order valence-electron chi connectivity index (χ4n) is 2.42. The lowest BCUT2D eigenvalue weighted by Crippen LogP contribution is -2.32. The third-order valence-electron chi connectivity index (χ3n) is 3.82. The van der Waals surface area contributed by atoms with Gasteiger partial charge in [-0.2, -0.15) is 4.98 Å². The average molecular weight is 352 g/mol. The van der Waals surface area contributed by atoms with Crippen LogP contribution in [0.2, 0.25) is 0 Å². The zero-order chi connectivity index (χ0) is 18.5. The Morgan fingerprint density at radius 2 is 1.96 bits per heavy atom. The molecule has 7 heteroatoms. The summed E-state index contributed by atoms with van der Waals surface area (Å²) in [5.74, 6) is 0.933. The van der Waals surface area contributed by atoms with Crippen molar-refractivity contribution in [2.24, 2.45) is 0 Å². The van der Waals surface area contributed by atoms with Gasteiger partial charge in [-0.25, -0.2) is 4.79 Å². The molecule has 2 aromatic carbocycles. The van der Waals surface area contributed by atoms with Crippen LogP contribution >= 0.6 is 0 Å². The molecule has 3 N–H and O–H groups in total. The monoisotopic (exact) mass is 352 g/mol. The van der Waals surface area contributed by atoms with Crippen molar-refractivity contribution in [1.29, 1.82) is 0 Å². The van der Waals surface area contributed by atoms with Crippen LogP contribution in [0.15, 0.2) is 53.1 Å². The first kappa shape index (κ1) is 17.6. The van der Waals surface area contributed by atoms with Crippen LogP contribution in [0.1, 0.15) is 23.1 Å². The number of aliphatic hydroxyl groups is 1. The molecule has 3 aromatic rings. The number of carbonyl (C=O) groups excluding carboxylic acids is 1. The molecule has 1 atom stereocenters. The molecule has 0 unspecified atom stereocenters. The number of nitrogens with zero attached hydrogens (tertiary/aromatic N) is 2. The highest BCUT2D eigenvalue weighted by Gasteiger charge is 2.11. The molecule has 0 aliphatic carbocycles. The Labute approximate surface area is 151 Å². The zero-order valence-corrected chi connectivity index (χ0v) is 14.6. The molecule has 0 aliphatic heterocycles. The maximum atomic E-state index is 12.1. The first-order valence-corrected chi connectivity index (χ1v) is 8.21. The van der Waals surface area contributed by atoms with Crippen molar-refractivity contribution < 1.29 is 14.4 Å². The number of amides is 2. The second-order valence-corrected chi connectivity index (χ2v) is 5.98. The number of aromatic nitrogens is 2. The lowest BCUT2D eigenvalue weighted by molar-refractivity contribution is 0.175. The standard InChI is InChI=1S/C19H20N4O3/c1-12-6-8-14(9-7-12)17(24)11-20-19(25)22-16-5-3-4-15(10-16)18-21-13(2)26-23-18/h3-10,17,24H,11H2,1-2H3,(H2,20,22,25)/t17-/m1/s1. The van der Waals surface area contributed by atoms with Gasteiger partial charge in [-0.15, -0.1) is 0 Å².